The molecule has 0 spiro atoms. The number of likely N-dealkylation sites (N-methyl/N-ethyl adjacent to an activating group) is 1. The fourth-order valence-electron chi connectivity index (χ4n) is 4.16. The van der Waals surface area contributed by atoms with Crippen LogP contribution in [0.4, 0.5) is 11.4 Å². The predicted octanol–water partition coefficient (Wildman–Crippen LogP) is 6.25. The van der Waals surface area contributed by atoms with Gasteiger partial charge in [-0.2, -0.15) is 0 Å². The van der Waals surface area contributed by atoms with Crippen LogP contribution >= 0.6 is 34.4 Å². The molecule has 8 heteroatoms. The van der Waals surface area contributed by atoms with Crippen LogP contribution in [0.3, 0.4) is 0 Å². The highest BCUT2D eigenvalue weighted by molar-refractivity contribution is 14.1. The molecule has 3 aromatic rings. The van der Waals surface area contributed by atoms with Crippen molar-refractivity contribution >= 4 is 62.9 Å². The molecule has 2 aliphatic heterocycles. The molecule has 2 heterocycles. The number of amides is 1. The maximum absolute atomic E-state index is 12.9. The van der Waals surface area contributed by atoms with E-state index in [9.17, 15) is 4.79 Å². The molecule has 2 saturated heterocycles. The fraction of sp³-hybridized carbons (Fsp3) is 0.241. The Hall–Kier alpha value is -2.82. The maximum Gasteiger partial charge on any atom is 0.266 e. The second kappa shape index (κ2) is 11.7. The maximum atomic E-state index is 12.9. The Labute approximate surface area is 235 Å². The van der Waals surface area contributed by atoms with Gasteiger partial charge >= 0.3 is 0 Å². The van der Waals surface area contributed by atoms with Crippen LogP contribution in [0.25, 0.3) is 6.08 Å². The molecular weight excluding hydrogens is 597 g/mol. The van der Waals surface area contributed by atoms with E-state index in [-0.39, 0.29) is 5.91 Å². The van der Waals surface area contributed by atoms with E-state index >= 15 is 0 Å². The average molecular weight is 626 g/mol. The summed E-state index contributed by atoms with van der Waals surface area (Å²) in [7, 11) is 1.77. The molecule has 5 rings (SSSR count). The SMILES string of the molecule is Cc1cccc(COc2ccc(/C=C3\SC(=Nc4ccc(N5CCOCC5)cc4)N(C)C3=O)cc2I)c1. The van der Waals surface area contributed by atoms with Crippen LogP contribution in [-0.4, -0.2) is 49.3 Å². The van der Waals surface area contributed by atoms with Crippen LogP contribution in [0.2, 0.25) is 0 Å². The van der Waals surface area contributed by atoms with Crippen molar-refractivity contribution in [2.24, 2.45) is 4.99 Å². The summed E-state index contributed by atoms with van der Waals surface area (Å²) < 4.78 is 12.5. The Kier molecular flexibility index (Phi) is 8.17. The van der Waals surface area contributed by atoms with E-state index in [2.05, 4.69) is 64.7 Å². The van der Waals surface area contributed by atoms with E-state index in [1.807, 2.05) is 42.5 Å². The van der Waals surface area contributed by atoms with E-state index in [0.717, 1.165) is 58.1 Å². The van der Waals surface area contributed by atoms with Gasteiger partial charge in [0.1, 0.15) is 12.4 Å². The monoisotopic (exact) mass is 625 g/mol. The molecule has 0 unspecified atom stereocenters. The van der Waals surface area contributed by atoms with E-state index in [1.165, 1.54) is 17.3 Å². The third kappa shape index (κ3) is 6.37. The molecule has 0 atom stereocenters. The molecule has 0 saturated carbocycles. The van der Waals surface area contributed by atoms with Gasteiger partial charge in [-0.15, -0.1) is 0 Å². The standard InChI is InChI=1S/C29H28IN3O3S/c1-20-4-3-5-22(16-20)19-36-26-11-6-21(17-25(26)30)18-27-28(34)32(2)29(37-27)31-23-7-9-24(10-8-23)33-12-14-35-15-13-33/h3-11,16-18H,12-15,19H2,1-2H3/b27-18-,31-29?. The van der Waals surface area contributed by atoms with Crippen LogP contribution in [0, 0.1) is 10.5 Å². The molecule has 0 N–H and O–H groups in total. The van der Waals surface area contributed by atoms with Crippen molar-refractivity contribution in [2.45, 2.75) is 13.5 Å². The Morgan fingerprint density at radius 1 is 1.08 bits per heavy atom. The first-order valence-electron chi connectivity index (χ1n) is 12.1. The highest BCUT2D eigenvalue weighted by Crippen LogP contribution is 2.34. The second-order valence-electron chi connectivity index (χ2n) is 8.95. The molecule has 1 amide bonds. The van der Waals surface area contributed by atoms with Crippen molar-refractivity contribution < 1.29 is 14.3 Å². The van der Waals surface area contributed by atoms with Crippen molar-refractivity contribution in [2.75, 3.05) is 38.3 Å². The average Bonchev–Trinajstić information content (AvgIpc) is 3.17. The lowest BCUT2D eigenvalue weighted by molar-refractivity contribution is -0.121. The third-order valence-electron chi connectivity index (χ3n) is 6.18. The zero-order chi connectivity index (χ0) is 25.8. The number of anilines is 1. The molecule has 0 bridgehead atoms. The minimum Gasteiger partial charge on any atom is -0.488 e. The summed E-state index contributed by atoms with van der Waals surface area (Å²) in [6.45, 7) is 5.90. The van der Waals surface area contributed by atoms with Crippen LogP contribution < -0.4 is 9.64 Å². The minimum absolute atomic E-state index is 0.0523. The first-order valence-corrected chi connectivity index (χ1v) is 14.0. The number of nitrogens with zero attached hydrogens (tertiary/aromatic N) is 3. The van der Waals surface area contributed by atoms with Crippen molar-refractivity contribution in [1.82, 2.24) is 4.90 Å². The lowest BCUT2D eigenvalue weighted by Gasteiger charge is -2.28. The molecule has 2 aliphatic rings. The number of ether oxygens (including phenoxy) is 2. The fourth-order valence-corrected chi connectivity index (χ4v) is 5.84. The van der Waals surface area contributed by atoms with Gasteiger partial charge in [-0.1, -0.05) is 35.9 Å². The van der Waals surface area contributed by atoms with E-state index in [0.29, 0.717) is 16.7 Å². The van der Waals surface area contributed by atoms with Gasteiger partial charge in [0.25, 0.3) is 5.91 Å². The highest BCUT2D eigenvalue weighted by Gasteiger charge is 2.30. The quantitative estimate of drug-likeness (QED) is 0.240. The number of aliphatic imine (C=N–C) groups is 1. The van der Waals surface area contributed by atoms with Crippen LogP contribution in [0.5, 0.6) is 5.75 Å². The van der Waals surface area contributed by atoms with Gasteiger partial charge in [0.15, 0.2) is 5.17 Å². The number of benzene rings is 3. The largest absolute Gasteiger partial charge is 0.488 e. The molecule has 0 aromatic heterocycles. The number of halogens is 1. The summed E-state index contributed by atoms with van der Waals surface area (Å²) in [5.41, 5.74) is 5.30. The highest BCUT2D eigenvalue weighted by atomic mass is 127. The Balaban J connectivity index is 1.26. The number of thioether (sulfide) groups is 1. The van der Waals surface area contributed by atoms with Gasteiger partial charge in [-0.25, -0.2) is 4.99 Å². The number of aryl methyl sites for hydroxylation is 1. The first kappa shape index (κ1) is 25.8. The van der Waals surface area contributed by atoms with Gasteiger partial charge in [0, 0.05) is 25.8 Å². The number of hydrogen-bond acceptors (Lipinski definition) is 6. The summed E-state index contributed by atoms with van der Waals surface area (Å²) >= 11 is 3.67. The molecular formula is C29H28IN3O3S. The Morgan fingerprint density at radius 3 is 2.59 bits per heavy atom. The van der Waals surface area contributed by atoms with Crippen LogP contribution in [0.15, 0.2) is 76.6 Å². The lowest BCUT2D eigenvalue weighted by atomic mass is 10.1. The van der Waals surface area contributed by atoms with Crippen molar-refractivity contribution in [3.8, 4) is 5.75 Å². The first-order chi connectivity index (χ1) is 18.0. The molecule has 0 aliphatic carbocycles. The summed E-state index contributed by atoms with van der Waals surface area (Å²) in [4.78, 5) is 22.2. The van der Waals surface area contributed by atoms with Gasteiger partial charge < -0.3 is 14.4 Å². The molecule has 3 aromatic carbocycles. The molecule has 2 fully saturated rings. The lowest BCUT2D eigenvalue weighted by Crippen LogP contribution is -2.36. The van der Waals surface area contributed by atoms with Gasteiger partial charge in [0.05, 0.1) is 27.4 Å². The van der Waals surface area contributed by atoms with Gasteiger partial charge in [-0.3, -0.25) is 9.69 Å². The van der Waals surface area contributed by atoms with E-state index < -0.39 is 0 Å². The summed E-state index contributed by atoms with van der Waals surface area (Å²) in [6, 6.07) is 22.4. The van der Waals surface area contributed by atoms with Gasteiger partial charge in [-0.05, 0) is 94.9 Å². The summed E-state index contributed by atoms with van der Waals surface area (Å²) in [6.07, 6.45) is 1.92. The molecule has 6 nitrogen and oxygen atoms in total. The van der Waals surface area contributed by atoms with Crippen molar-refractivity contribution in [3.63, 3.8) is 0 Å². The summed E-state index contributed by atoms with van der Waals surface area (Å²) in [5.74, 6) is 0.776. The predicted molar refractivity (Wildman–Crippen MR) is 160 cm³/mol. The number of carbonyl (C=O) groups is 1. The Bertz CT molecular complexity index is 1350. The van der Waals surface area contributed by atoms with Crippen molar-refractivity contribution in [3.05, 3.63) is 91.9 Å². The smallest absolute Gasteiger partial charge is 0.266 e. The normalized spacial score (nSPS) is 18.2. The van der Waals surface area contributed by atoms with E-state index in [4.69, 9.17) is 14.5 Å². The van der Waals surface area contributed by atoms with Gasteiger partial charge in [0.2, 0.25) is 0 Å². The number of amidine groups is 1. The Morgan fingerprint density at radius 2 is 1.86 bits per heavy atom. The third-order valence-corrected chi connectivity index (χ3v) is 8.09. The topological polar surface area (TPSA) is 54.4 Å². The minimum atomic E-state index is -0.0523. The zero-order valence-corrected chi connectivity index (χ0v) is 23.8. The molecule has 0 radical (unpaired) electrons. The molecule has 37 heavy (non-hydrogen) atoms. The van der Waals surface area contributed by atoms with Crippen LogP contribution in [-0.2, 0) is 16.1 Å². The van der Waals surface area contributed by atoms with E-state index in [1.54, 1.807) is 11.9 Å². The second-order valence-corrected chi connectivity index (χ2v) is 11.1. The van der Waals surface area contributed by atoms with Crippen molar-refractivity contribution in [1.29, 1.82) is 0 Å². The zero-order valence-electron chi connectivity index (χ0n) is 20.8. The molecule has 190 valence electrons. The summed E-state index contributed by atoms with van der Waals surface area (Å²) in [5, 5.41) is 0.670. The number of rotatable bonds is 6. The number of hydrogen-bond donors (Lipinski definition) is 0. The number of carbonyl (C=O) groups excluding carboxylic acids is 1. The number of morpholine rings is 1. The van der Waals surface area contributed by atoms with Crippen LogP contribution in [0.1, 0.15) is 16.7 Å².